The van der Waals surface area contributed by atoms with Gasteiger partial charge in [0.25, 0.3) is 5.91 Å². The fraction of sp³-hybridized carbons (Fsp3) is 0.714. The molecule has 126 valence electrons. The van der Waals surface area contributed by atoms with Gasteiger partial charge in [0.1, 0.15) is 12.4 Å². The monoisotopic (exact) mass is 323 g/mol. The first kappa shape index (κ1) is 15.9. The minimum atomic E-state index is -0.519. The maximum atomic E-state index is 12.5. The molecule has 0 bridgehead atoms. The first-order chi connectivity index (χ1) is 11.1. The summed E-state index contributed by atoms with van der Waals surface area (Å²) in [5.74, 6) is -0.178. The summed E-state index contributed by atoms with van der Waals surface area (Å²) >= 11 is 0. The lowest BCUT2D eigenvalue weighted by Gasteiger charge is -2.21. The topological polar surface area (TPSA) is 98.6 Å². The molecule has 2 saturated heterocycles. The summed E-state index contributed by atoms with van der Waals surface area (Å²) in [7, 11) is 3.30. The van der Waals surface area contributed by atoms with E-state index >= 15 is 0 Å². The minimum Gasteiger partial charge on any atom is -0.383 e. The zero-order chi connectivity index (χ0) is 16.4. The fourth-order valence-corrected chi connectivity index (χ4v) is 3.13. The number of aryl methyl sites for hydroxylation is 1. The highest BCUT2D eigenvalue weighted by atomic mass is 16.5. The molecule has 2 aliphatic rings. The number of nitrogens with one attached hydrogen (secondary N) is 1. The second kappa shape index (κ2) is 6.63. The largest absolute Gasteiger partial charge is 0.383 e. The number of hydrogen-bond donors (Lipinski definition) is 1. The molecule has 2 aliphatic heterocycles. The van der Waals surface area contributed by atoms with Gasteiger partial charge in [-0.2, -0.15) is 0 Å². The van der Waals surface area contributed by atoms with Crippen LogP contribution >= 0.6 is 0 Å². The molecule has 23 heavy (non-hydrogen) atoms. The zero-order valence-corrected chi connectivity index (χ0v) is 13.3. The van der Waals surface area contributed by atoms with Crippen molar-refractivity contribution in [2.24, 2.45) is 7.05 Å². The molecule has 1 aromatic rings. The Morgan fingerprint density at radius 3 is 3.04 bits per heavy atom. The molecule has 1 aromatic heterocycles. The summed E-state index contributed by atoms with van der Waals surface area (Å²) in [5, 5.41) is 6.83. The molecule has 2 fully saturated rings. The van der Waals surface area contributed by atoms with E-state index in [2.05, 4.69) is 15.4 Å². The number of carbonyl (C=O) groups is 2. The predicted octanol–water partition coefficient (Wildman–Crippen LogP) is -1.05. The third-order valence-corrected chi connectivity index (χ3v) is 4.23. The third kappa shape index (κ3) is 3.20. The van der Waals surface area contributed by atoms with Gasteiger partial charge in [0.05, 0.1) is 18.8 Å². The molecule has 1 N–H and O–H groups in total. The highest BCUT2D eigenvalue weighted by Gasteiger charge is 2.47. The van der Waals surface area contributed by atoms with Crippen molar-refractivity contribution in [3.05, 3.63) is 12.2 Å². The summed E-state index contributed by atoms with van der Waals surface area (Å²) in [4.78, 5) is 30.3. The Kier molecular flexibility index (Phi) is 4.58. The third-order valence-electron chi connectivity index (χ3n) is 4.23. The van der Waals surface area contributed by atoms with Gasteiger partial charge in [0.2, 0.25) is 11.7 Å². The van der Waals surface area contributed by atoms with Gasteiger partial charge in [-0.15, -0.1) is 5.10 Å². The first-order valence-electron chi connectivity index (χ1n) is 7.69. The number of carbonyl (C=O) groups excluding carboxylic acids is 2. The molecule has 2 amide bonds. The number of likely N-dealkylation sites (tertiary alicyclic amines) is 1. The van der Waals surface area contributed by atoms with Crippen LogP contribution in [0, 0.1) is 0 Å². The molecule has 3 atom stereocenters. The van der Waals surface area contributed by atoms with E-state index in [0.717, 1.165) is 6.42 Å². The molecule has 3 heterocycles. The lowest BCUT2D eigenvalue weighted by molar-refractivity contribution is -0.132. The molecule has 9 heteroatoms. The van der Waals surface area contributed by atoms with Crippen LogP contribution in [0.1, 0.15) is 23.5 Å². The van der Waals surface area contributed by atoms with Crippen molar-refractivity contribution in [2.45, 2.75) is 31.1 Å². The molecular weight excluding hydrogens is 302 g/mol. The van der Waals surface area contributed by atoms with E-state index in [4.69, 9.17) is 9.47 Å². The van der Waals surface area contributed by atoms with Gasteiger partial charge in [-0.05, 0) is 6.42 Å². The smallest absolute Gasteiger partial charge is 0.293 e. The second-order valence-electron chi connectivity index (χ2n) is 5.78. The Balaban J connectivity index is 1.60. The van der Waals surface area contributed by atoms with Crippen LogP contribution in [0.25, 0.3) is 0 Å². The summed E-state index contributed by atoms with van der Waals surface area (Å²) in [5.41, 5.74) is 0. The minimum absolute atomic E-state index is 0.0931. The van der Waals surface area contributed by atoms with Crippen molar-refractivity contribution in [1.29, 1.82) is 0 Å². The summed E-state index contributed by atoms with van der Waals surface area (Å²) in [6, 6.07) is -0.0931. The number of amides is 2. The normalized spacial score (nSPS) is 26.3. The van der Waals surface area contributed by atoms with Crippen LogP contribution in [0.2, 0.25) is 0 Å². The number of fused-ring (bicyclic) bond motifs is 1. The molecule has 3 rings (SSSR count). The van der Waals surface area contributed by atoms with E-state index in [1.54, 1.807) is 19.1 Å². The van der Waals surface area contributed by atoms with E-state index in [0.29, 0.717) is 26.1 Å². The summed E-state index contributed by atoms with van der Waals surface area (Å²) < 4.78 is 12.2. The standard InChI is InChI=1S/C14H21N5O4/c1-18-8-16-12(17-18)14(21)19-5-3-10-9(19)7-11(23-10)13(20)15-4-6-22-2/h8-11H,3-7H2,1-2H3,(H,15,20)/t9-,10-,11-/m1/s1. The van der Waals surface area contributed by atoms with Crippen LogP contribution in [-0.2, 0) is 21.3 Å². The summed E-state index contributed by atoms with van der Waals surface area (Å²) in [6.07, 6.45) is 2.11. The number of rotatable bonds is 5. The van der Waals surface area contributed by atoms with Gasteiger partial charge < -0.3 is 19.7 Å². The fourth-order valence-electron chi connectivity index (χ4n) is 3.13. The second-order valence-corrected chi connectivity index (χ2v) is 5.78. The van der Waals surface area contributed by atoms with Gasteiger partial charge in [0.15, 0.2) is 0 Å². The van der Waals surface area contributed by atoms with Crippen molar-refractivity contribution in [3.63, 3.8) is 0 Å². The van der Waals surface area contributed by atoms with E-state index in [1.165, 1.54) is 11.0 Å². The average molecular weight is 323 g/mol. The van der Waals surface area contributed by atoms with Gasteiger partial charge in [-0.25, -0.2) is 4.98 Å². The first-order valence-corrected chi connectivity index (χ1v) is 7.69. The van der Waals surface area contributed by atoms with Crippen molar-refractivity contribution >= 4 is 11.8 Å². The Labute approximate surface area is 133 Å². The number of ether oxygens (including phenoxy) is 2. The lowest BCUT2D eigenvalue weighted by atomic mass is 10.1. The summed E-state index contributed by atoms with van der Waals surface area (Å²) in [6.45, 7) is 1.51. The average Bonchev–Trinajstić information content (AvgIpc) is 3.21. The van der Waals surface area contributed by atoms with Crippen LogP contribution in [-0.4, -0.2) is 76.5 Å². The molecule has 0 unspecified atom stereocenters. The highest BCUT2D eigenvalue weighted by Crippen LogP contribution is 2.33. The predicted molar refractivity (Wildman–Crippen MR) is 78.6 cm³/mol. The molecular formula is C14H21N5O4. The molecule has 0 aliphatic carbocycles. The SMILES string of the molecule is COCCNC(=O)[C@H]1C[C@@H]2[C@@H](CCN2C(=O)c2ncn(C)n2)O1. The molecule has 9 nitrogen and oxygen atoms in total. The number of aromatic nitrogens is 3. The Hall–Kier alpha value is -2.00. The molecule has 0 spiro atoms. The van der Waals surface area contributed by atoms with Crippen LogP contribution in [0.4, 0.5) is 0 Å². The number of nitrogens with zero attached hydrogens (tertiary/aromatic N) is 4. The van der Waals surface area contributed by atoms with Crippen LogP contribution < -0.4 is 5.32 Å². The number of methoxy groups -OCH3 is 1. The maximum Gasteiger partial charge on any atom is 0.293 e. The van der Waals surface area contributed by atoms with Crippen LogP contribution in [0.3, 0.4) is 0 Å². The Morgan fingerprint density at radius 2 is 2.35 bits per heavy atom. The maximum absolute atomic E-state index is 12.5. The van der Waals surface area contributed by atoms with Crippen molar-refractivity contribution in [2.75, 3.05) is 26.8 Å². The quantitative estimate of drug-likeness (QED) is 0.694. The van der Waals surface area contributed by atoms with Gasteiger partial charge in [-0.3, -0.25) is 14.3 Å². The van der Waals surface area contributed by atoms with E-state index in [1.807, 2.05) is 0 Å². The van der Waals surface area contributed by atoms with E-state index < -0.39 is 6.10 Å². The molecule has 0 radical (unpaired) electrons. The van der Waals surface area contributed by atoms with Gasteiger partial charge in [0, 0.05) is 33.7 Å². The lowest BCUT2D eigenvalue weighted by Crippen LogP contribution is -2.40. The van der Waals surface area contributed by atoms with Crippen LogP contribution in [0.5, 0.6) is 0 Å². The van der Waals surface area contributed by atoms with E-state index in [-0.39, 0.29) is 29.8 Å². The van der Waals surface area contributed by atoms with Gasteiger partial charge in [-0.1, -0.05) is 0 Å². The Bertz CT molecular complexity index is 589. The van der Waals surface area contributed by atoms with Crippen molar-refractivity contribution in [1.82, 2.24) is 25.0 Å². The van der Waals surface area contributed by atoms with Crippen molar-refractivity contribution < 1.29 is 19.1 Å². The molecule has 0 aromatic carbocycles. The van der Waals surface area contributed by atoms with Gasteiger partial charge >= 0.3 is 0 Å². The Morgan fingerprint density at radius 1 is 1.52 bits per heavy atom. The van der Waals surface area contributed by atoms with E-state index in [9.17, 15) is 9.59 Å². The van der Waals surface area contributed by atoms with Crippen molar-refractivity contribution in [3.8, 4) is 0 Å². The molecule has 0 saturated carbocycles. The van der Waals surface area contributed by atoms with Crippen LogP contribution in [0.15, 0.2) is 6.33 Å². The number of hydrogen-bond acceptors (Lipinski definition) is 6. The highest BCUT2D eigenvalue weighted by molar-refractivity contribution is 5.91. The zero-order valence-electron chi connectivity index (χ0n) is 13.3.